The lowest BCUT2D eigenvalue weighted by Gasteiger charge is -2.24. The summed E-state index contributed by atoms with van der Waals surface area (Å²) in [5.41, 5.74) is 1.45. The van der Waals surface area contributed by atoms with E-state index in [0.717, 1.165) is 11.3 Å². The molecular weight excluding hydrogens is 262 g/mol. The maximum Gasteiger partial charge on any atom is 0.358 e. The van der Waals surface area contributed by atoms with Crippen molar-refractivity contribution in [1.29, 1.82) is 0 Å². The third kappa shape index (κ3) is 2.12. The molecular formula is C13H13N3O4. The van der Waals surface area contributed by atoms with Crippen molar-refractivity contribution in [2.45, 2.75) is 19.3 Å². The van der Waals surface area contributed by atoms with Gasteiger partial charge in [0.1, 0.15) is 11.9 Å². The molecule has 1 aromatic carbocycles. The highest BCUT2D eigenvalue weighted by molar-refractivity contribution is 5.86. The summed E-state index contributed by atoms with van der Waals surface area (Å²) in [6, 6.07) is 7.56. The highest BCUT2D eigenvalue weighted by Gasteiger charge is 2.27. The van der Waals surface area contributed by atoms with Crippen molar-refractivity contribution < 1.29 is 19.4 Å². The van der Waals surface area contributed by atoms with Crippen LogP contribution in [0.5, 0.6) is 5.75 Å². The van der Waals surface area contributed by atoms with Crippen LogP contribution in [0.25, 0.3) is 0 Å². The number of rotatable bonds is 3. The Morgan fingerprint density at radius 1 is 1.45 bits per heavy atom. The summed E-state index contributed by atoms with van der Waals surface area (Å²) >= 11 is 0. The lowest BCUT2D eigenvalue weighted by molar-refractivity contribution is -0.00208. The summed E-state index contributed by atoms with van der Waals surface area (Å²) in [6.45, 7) is 0.632. The molecule has 1 aromatic heterocycles. The first kappa shape index (κ1) is 12.6. The second kappa shape index (κ2) is 4.93. The largest absolute Gasteiger partial charge is 0.497 e. The van der Waals surface area contributed by atoms with Crippen LogP contribution in [0.3, 0.4) is 0 Å². The van der Waals surface area contributed by atoms with Crippen LogP contribution in [0.15, 0.2) is 24.3 Å². The molecule has 1 aliphatic rings. The number of carboxylic acid groups (broad SMARTS) is 1. The Morgan fingerprint density at radius 3 is 2.85 bits per heavy atom. The molecule has 1 aliphatic heterocycles. The first-order valence-corrected chi connectivity index (χ1v) is 6.10. The molecule has 0 fully saturated rings. The zero-order chi connectivity index (χ0) is 14.1. The van der Waals surface area contributed by atoms with E-state index in [1.165, 1.54) is 0 Å². The van der Waals surface area contributed by atoms with E-state index in [-0.39, 0.29) is 18.4 Å². The van der Waals surface area contributed by atoms with Crippen LogP contribution in [-0.4, -0.2) is 33.2 Å². The van der Waals surface area contributed by atoms with Crippen molar-refractivity contribution in [1.82, 2.24) is 15.0 Å². The Bertz CT molecular complexity index is 636. The normalized spacial score (nSPS) is 17.6. The standard InChI is InChI=1S/C13H13N3O4/c1-19-9-4-2-8(3-5-9)11-6-16-10(7-20-11)12(13(17)18)14-15-16/h2-5,11H,6-7H2,1H3,(H,17,18)/t11-/m1/s1. The molecule has 20 heavy (non-hydrogen) atoms. The summed E-state index contributed by atoms with van der Waals surface area (Å²) in [5, 5.41) is 16.5. The number of aromatic nitrogens is 3. The molecule has 3 rings (SSSR count). The molecule has 7 nitrogen and oxygen atoms in total. The molecule has 0 saturated heterocycles. The number of methoxy groups -OCH3 is 1. The van der Waals surface area contributed by atoms with E-state index in [1.54, 1.807) is 11.8 Å². The van der Waals surface area contributed by atoms with Gasteiger partial charge in [0.05, 0.1) is 26.0 Å². The predicted molar refractivity (Wildman–Crippen MR) is 67.5 cm³/mol. The van der Waals surface area contributed by atoms with Crippen LogP contribution in [0.2, 0.25) is 0 Å². The zero-order valence-electron chi connectivity index (χ0n) is 10.8. The molecule has 1 N–H and O–H groups in total. The molecule has 2 aromatic rings. The average molecular weight is 275 g/mol. The van der Waals surface area contributed by atoms with Gasteiger partial charge >= 0.3 is 5.97 Å². The summed E-state index contributed by atoms with van der Waals surface area (Å²) in [7, 11) is 1.61. The summed E-state index contributed by atoms with van der Waals surface area (Å²) in [5.74, 6) is -0.308. The summed E-state index contributed by atoms with van der Waals surface area (Å²) in [4.78, 5) is 11.0. The Morgan fingerprint density at radius 2 is 2.20 bits per heavy atom. The molecule has 0 aliphatic carbocycles. The number of aromatic carboxylic acids is 1. The Balaban J connectivity index is 1.83. The van der Waals surface area contributed by atoms with Crippen LogP contribution < -0.4 is 4.74 Å². The smallest absolute Gasteiger partial charge is 0.358 e. The molecule has 0 bridgehead atoms. The minimum atomic E-state index is -1.09. The van der Waals surface area contributed by atoms with Gasteiger partial charge in [0, 0.05) is 0 Å². The number of ether oxygens (including phenoxy) is 2. The van der Waals surface area contributed by atoms with Gasteiger partial charge in [-0.2, -0.15) is 0 Å². The van der Waals surface area contributed by atoms with Gasteiger partial charge in [-0.05, 0) is 17.7 Å². The van der Waals surface area contributed by atoms with Crippen LogP contribution in [-0.2, 0) is 17.9 Å². The topological polar surface area (TPSA) is 86.5 Å². The lowest BCUT2D eigenvalue weighted by Crippen LogP contribution is -2.23. The number of hydrogen-bond acceptors (Lipinski definition) is 5. The van der Waals surface area contributed by atoms with Gasteiger partial charge < -0.3 is 14.6 Å². The second-order valence-electron chi connectivity index (χ2n) is 4.44. The number of carbonyl (C=O) groups is 1. The van der Waals surface area contributed by atoms with Crippen LogP contribution in [0.4, 0.5) is 0 Å². The van der Waals surface area contributed by atoms with Gasteiger partial charge in [0.2, 0.25) is 0 Å². The van der Waals surface area contributed by atoms with Crippen molar-refractivity contribution in [3.8, 4) is 5.75 Å². The third-order valence-corrected chi connectivity index (χ3v) is 3.29. The van der Waals surface area contributed by atoms with Crippen LogP contribution >= 0.6 is 0 Å². The molecule has 0 radical (unpaired) electrons. The van der Waals surface area contributed by atoms with E-state index in [9.17, 15) is 4.79 Å². The highest BCUT2D eigenvalue weighted by Crippen LogP contribution is 2.28. The predicted octanol–water partition coefficient (Wildman–Crippen LogP) is 1.26. The molecule has 0 spiro atoms. The zero-order valence-corrected chi connectivity index (χ0v) is 10.8. The molecule has 0 amide bonds. The van der Waals surface area contributed by atoms with Crippen LogP contribution in [0.1, 0.15) is 27.8 Å². The molecule has 0 unspecified atom stereocenters. The number of fused-ring (bicyclic) bond motifs is 1. The van der Waals surface area contributed by atoms with Gasteiger partial charge in [-0.25, -0.2) is 9.48 Å². The first-order chi connectivity index (χ1) is 9.69. The molecule has 2 heterocycles. The summed E-state index contributed by atoms with van der Waals surface area (Å²) in [6.07, 6.45) is -0.170. The number of benzene rings is 1. The summed E-state index contributed by atoms with van der Waals surface area (Å²) < 4.78 is 12.4. The minimum Gasteiger partial charge on any atom is -0.497 e. The SMILES string of the molecule is COc1ccc([C@H]2Cn3nnc(C(=O)O)c3CO2)cc1. The first-order valence-electron chi connectivity index (χ1n) is 6.10. The number of nitrogens with zero attached hydrogens (tertiary/aromatic N) is 3. The molecule has 7 heteroatoms. The maximum atomic E-state index is 11.0. The van der Waals surface area contributed by atoms with E-state index in [2.05, 4.69) is 10.3 Å². The Kier molecular flexibility index (Phi) is 3.11. The quantitative estimate of drug-likeness (QED) is 0.907. The minimum absolute atomic E-state index is 0.0434. The van der Waals surface area contributed by atoms with Crippen molar-refractivity contribution in [3.63, 3.8) is 0 Å². The monoisotopic (exact) mass is 275 g/mol. The van der Waals surface area contributed by atoms with Crippen LogP contribution in [0, 0.1) is 0 Å². The Hall–Kier alpha value is -2.41. The molecule has 104 valence electrons. The average Bonchev–Trinajstić information content (AvgIpc) is 2.90. The molecule has 1 atom stereocenters. The Labute approximate surface area is 114 Å². The lowest BCUT2D eigenvalue weighted by atomic mass is 10.1. The number of carboxylic acids is 1. The van der Waals surface area contributed by atoms with Gasteiger partial charge in [0.25, 0.3) is 0 Å². The van der Waals surface area contributed by atoms with Gasteiger partial charge in [-0.1, -0.05) is 17.3 Å². The fraction of sp³-hybridized carbons (Fsp3) is 0.308. The van der Waals surface area contributed by atoms with E-state index in [1.807, 2.05) is 24.3 Å². The van der Waals surface area contributed by atoms with Gasteiger partial charge in [0.15, 0.2) is 5.69 Å². The second-order valence-corrected chi connectivity index (χ2v) is 4.44. The van der Waals surface area contributed by atoms with E-state index in [0.29, 0.717) is 12.2 Å². The van der Waals surface area contributed by atoms with Gasteiger partial charge in [-0.3, -0.25) is 0 Å². The number of hydrogen-bond donors (Lipinski definition) is 1. The molecule has 0 saturated carbocycles. The fourth-order valence-electron chi connectivity index (χ4n) is 2.20. The third-order valence-electron chi connectivity index (χ3n) is 3.29. The van der Waals surface area contributed by atoms with E-state index >= 15 is 0 Å². The fourth-order valence-corrected chi connectivity index (χ4v) is 2.20. The van der Waals surface area contributed by atoms with Crippen molar-refractivity contribution in [3.05, 3.63) is 41.2 Å². The van der Waals surface area contributed by atoms with E-state index in [4.69, 9.17) is 14.6 Å². The van der Waals surface area contributed by atoms with Crippen molar-refractivity contribution in [2.24, 2.45) is 0 Å². The van der Waals surface area contributed by atoms with Crippen molar-refractivity contribution in [2.75, 3.05) is 7.11 Å². The van der Waals surface area contributed by atoms with Crippen molar-refractivity contribution >= 4 is 5.97 Å². The maximum absolute atomic E-state index is 11.0. The highest BCUT2D eigenvalue weighted by atomic mass is 16.5. The van der Waals surface area contributed by atoms with Gasteiger partial charge in [-0.15, -0.1) is 5.10 Å². The van der Waals surface area contributed by atoms with E-state index < -0.39 is 5.97 Å².